The summed E-state index contributed by atoms with van der Waals surface area (Å²) in [6.07, 6.45) is 0. The summed E-state index contributed by atoms with van der Waals surface area (Å²) in [4.78, 5) is 10.7. The topological polar surface area (TPSA) is 63.3 Å². The Bertz CT molecular complexity index is 379. The Hall–Kier alpha value is -0.740. The van der Waals surface area contributed by atoms with Crippen LogP contribution in [-0.4, -0.2) is 11.1 Å². The average Bonchev–Trinajstić information content (AvgIpc) is 2.07. The summed E-state index contributed by atoms with van der Waals surface area (Å²) >= 11 is 8.96. The molecule has 0 atom stereocenters. The summed E-state index contributed by atoms with van der Waals surface area (Å²) in [6, 6.07) is 1.35. The Morgan fingerprint density at radius 3 is 2.69 bits per heavy atom. The number of rotatable bonds is 1. The molecule has 1 rings (SSSR count). The molecule has 0 fully saturated rings. The minimum atomic E-state index is -1.08. The summed E-state index contributed by atoms with van der Waals surface area (Å²) in [5.41, 5.74) is 6.53. The van der Waals surface area contributed by atoms with E-state index in [0.29, 0.717) is 9.50 Å². The van der Waals surface area contributed by atoms with Crippen molar-refractivity contribution < 1.29 is 9.90 Å². The number of nitrogen functional groups attached to an aromatic ring is 1. The molecule has 0 radical (unpaired) electrons. The van der Waals surface area contributed by atoms with Gasteiger partial charge < -0.3 is 10.8 Å². The summed E-state index contributed by atoms with van der Waals surface area (Å²) in [5, 5.41) is 9.13. The maximum atomic E-state index is 10.7. The first-order chi connectivity index (χ1) is 5.95. The van der Waals surface area contributed by atoms with E-state index in [0.717, 1.165) is 5.56 Å². The van der Waals surface area contributed by atoms with Gasteiger partial charge in [0.25, 0.3) is 0 Å². The minimum Gasteiger partial charge on any atom is -0.478 e. The van der Waals surface area contributed by atoms with Crippen molar-refractivity contribution in [1.29, 1.82) is 0 Å². The number of benzene rings is 1. The SMILES string of the molecule is Cc1c(Cl)cc(C(=O)O)c(N)c1Br. The number of hydrogen-bond donors (Lipinski definition) is 2. The zero-order valence-corrected chi connectivity index (χ0v) is 9.11. The molecule has 1 aromatic rings. The molecule has 0 saturated heterocycles. The van der Waals surface area contributed by atoms with Crippen LogP contribution < -0.4 is 5.73 Å². The second kappa shape index (κ2) is 3.55. The fourth-order valence-corrected chi connectivity index (χ4v) is 1.66. The van der Waals surface area contributed by atoms with E-state index >= 15 is 0 Å². The van der Waals surface area contributed by atoms with Gasteiger partial charge in [-0.3, -0.25) is 0 Å². The number of halogens is 2. The van der Waals surface area contributed by atoms with Gasteiger partial charge in [-0.2, -0.15) is 0 Å². The third kappa shape index (κ3) is 1.78. The molecule has 1 aromatic carbocycles. The fraction of sp³-hybridized carbons (Fsp3) is 0.125. The van der Waals surface area contributed by atoms with Crippen LogP contribution in [0, 0.1) is 6.92 Å². The number of carbonyl (C=O) groups is 1. The van der Waals surface area contributed by atoms with E-state index in [1.54, 1.807) is 6.92 Å². The van der Waals surface area contributed by atoms with Crippen molar-refractivity contribution in [2.75, 3.05) is 5.73 Å². The monoisotopic (exact) mass is 263 g/mol. The lowest BCUT2D eigenvalue weighted by atomic mass is 10.1. The maximum absolute atomic E-state index is 10.7. The third-order valence-corrected chi connectivity index (χ3v) is 3.13. The lowest BCUT2D eigenvalue weighted by Gasteiger charge is -2.07. The Morgan fingerprint density at radius 1 is 1.69 bits per heavy atom. The molecule has 3 N–H and O–H groups in total. The number of nitrogens with two attached hydrogens (primary N) is 1. The lowest BCUT2D eigenvalue weighted by molar-refractivity contribution is 0.0698. The van der Waals surface area contributed by atoms with E-state index in [1.807, 2.05) is 0 Å². The Balaban J connectivity index is 3.50. The second-order valence-corrected chi connectivity index (χ2v) is 3.76. The van der Waals surface area contributed by atoms with Crippen LogP contribution >= 0.6 is 27.5 Å². The first kappa shape index (κ1) is 10.3. The van der Waals surface area contributed by atoms with E-state index in [2.05, 4.69) is 15.9 Å². The summed E-state index contributed by atoms with van der Waals surface area (Å²) in [6.45, 7) is 1.76. The number of carboxylic acids is 1. The van der Waals surface area contributed by atoms with Crippen LogP contribution in [0.4, 0.5) is 5.69 Å². The number of aromatic carboxylic acids is 1. The van der Waals surface area contributed by atoms with Crippen LogP contribution in [-0.2, 0) is 0 Å². The van der Waals surface area contributed by atoms with Crippen molar-refractivity contribution >= 4 is 39.2 Å². The molecule has 0 aromatic heterocycles. The molecular weight excluding hydrogens is 257 g/mol. The minimum absolute atomic E-state index is 0.0162. The van der Waals surface area contributed by atoms with E-state index in [-0.39, 0.29) is 11.3 Å². The van der Waals surface area contributed by atoms with E-state index in [4.69, 9.17) is 22.4 Å². The van der Waals surface area contributed by atoms with Gasteiger partial charge in [0.1, 0.15) is 0 Å². The zero-order valence-electron chi connectivity index (χ0n) is 6.77. The van der Waals surface area contributed by atoms with E-state index in [1.165, 1.54) is 6.07 Å². The smallest absolute Gasteiger partial charge is 0.337 e. The first-order valence-corrected chi connectivity index (χ1v) is 4.59. The van der Waals surface area contributed by atoms with Crippen LogP contribution in [0.2, 0.25) is 5.02 Å². The van der Waals surface area contributed by atoms with Gasteiger partial charge in [0, 0.05) is 9.50 Å². The molecule has 0 spiro atoms. The predicted octanol–water partition coefficient (Wildman–Crippen LogP) is 2.69. The van der Waals surface area contributed by atoms with Crippen LogP contribution in [0.5, 0.6) is 0 Å². The van der Waals surface area contributed by atoms with Gasteiger partial charge >= 0.3 is 5.97 Å². The van der Waals surface area contributed by atoms with Gasteiger partial charge in [-0.25, -0.2) is 4.79 Å². The highest BCUT2D eigenvalue weighted by Crippen LogP contribution is 2.32. The van der Waals surface area contributed by atoms with E-state index < -0.39 is 5.97 Å². The van der Waals surface area contributed by atoms with Crippen molar-refractivity contribution in [3.05, 3.63) is 26.7 Å². The summed E-state index contributed by atoms with van der Waals surface area (Å²) < 4.78 is 0.539. The molecule has 0 saturated carbocycles. The molecule has 0 heterocycles. The molecule has 0 bridgehead atoms. The molecule has 70 valence electrons. The molecule has 0 aliphatic carbocycles. The lowest BCUT2D eigenvalue weighted by Crippen LogP contribution is -2.04. The summed E-state index contributed by atoms with van der Waals surface area (Å²) in [5.74, 6) is -1.08. The molecule has 0 aliphatic rings. The van der Waals surface area contributed by atoms with Crippen LogP contribution in [0.15, 0.2) is 10.5 Å². The van der Waals surface area contributed by atoms with Crippen LogP contribution in [0.25, 0.3) is 0 Å². The van der Waals surface area contributed by atoms with Gasteiger partial charge in [0.05, 0.1) is 11.3 Å². The highest BCUT2D eigenvalue weighted by atomic mass is 79.9. The van der Waals surface area contributed by atoms with Crippen molar-refractivity contribution in [3.63, 3.8) is 0 Å². The van der Waals surface area contributed by atoms with Gasteiger partial charge in [-0.15, -0.1) is 0 Å². The third-order valence-electron chi connectivity index (χ3n) is 1.72. The largest absolute Gasteiger partial charge is 0.478 e. The molecule has 0 aliphatic heterocycles. The molecular formula is C8H7BrClNO2. The molecule has 13 heavy (non-hydrogen) atoms. The van der Waals surface area contributed by atoms with Crippen molar-refractivity contribution in [2.45, 2.75) is 6.92 Å². The Kier molecular flexibility index (Phi) is 2.83. The van der Waals surface area contributed by atoms with Crippen LogP contribution in [0.1, 0.15) is 15.9 Å². The average molecular weight is 265 g/mol. The Labute approximate surface area is 88.6 Å². The van der Waals surface area contributed by atoms with Gasteiger partial charge in [0.15, 0.2) is 0 Å². The molecule has 0 amide bonds. The molecule has 0 unspecified atom stereocenters. The predicted molar refractivity (Wildman–Crippen MR) is 55.3 cm³/mol. The number of hydrogen-bond acceptors (Lipinski definition) is 2. The number of carboxylic acid groups (broad SMARTS) is 1. The summed E-state index contributed by atoms with van der Waals surface area (Å²) in [7, 11) is 0. The maximum Gasteiger partial charge on any atom is 0.337 e. The highest BCUT2D eigenvalue weighted by molar-refractivity contribution is 9.10. The zero-order chi connectivity index (χ0) is 10.2. The van der Waals surface area contributed by atoms with Gasteiger partial charge in [-0.05, 0) is 34.5 Å². The fourth-order valence-electron chi connectivity index (χ4n) is 0.915. The standard InChI is InChI=1S/C8H7BrClNO2/c1-3-5(10)2-4(8(12)13)7(11)6(3)9/h2H,11H2,1H3,(H,12,13). The first-order valence-electron chi connectivity index (χ1n) is 3.42. The van der Waals surface area contributed by atoms with Crippen molar-refractivity contribution in [1.82, 2.24) is 0 Å². The normalized spacial score (nSPS) is 10.1. The quantitative estimate of drug-likeness (QED) is 0.767. The van der Waals surface area contributed by atoms with Crippen molar-refractivity contribution in [2.24, 2.45) is 0 Å². The second-order valence-electron chi connectivity index (χ2n) is 2.56. The molecule has 3 nitrogen and oxygen atoms in total. The highest BCUT2D eigenvalue weighted by Gasteiger charge is 2.14. The van der Waals surface area contributed by atoms with Gasteiger partial charge in [-0.1, -0.05) is 11.6 Å². The number of anilines is 1. The molecule has 5 heteroatoms. The van der Waals surface area contributed by atoms with Gasteiger partial charge in [0.2, 0.25) is 0 Å². The van der Waals surface area contributed by atoms with Crippen molar-refractivity contribution in [3.8, 4) is 0 Å². The Morgan fingerprint density at radius 2 is 2.23 bits per heavy atom. The van der Waals surface area contributed by atoms with E-state index in [9.17, 15) is 4.79 Å². The van der Waals surface area contributed by atoms with Crippen LogP contribution in [0.3, 0.4) is 0 Å².